The first-order chi connectivity index (χ1) is 22.0. The zero-order valence-corrected chi connectivity index (χ0v) is 26.7. The van der Waals surface area contributed by atoms with Crippen molar-refractivity contribution in [2.75, 3.05) is 12.0 Å². The monoisotopic (exact) mass is 680 g/mol. The molecule has 3 fully saturated rings. The lowest BCUT2D eigenvalue weighted by Crippen LogP contribution is -2.60. The first-order valence-corrected chi connectivity index (χ1v) is 16.3. The summed E-state index contributed by atoms with van der Waals surface area (Å²) >= 11 is 16.1. The molecule has 6 atom stereocenters. The molecule has 2 aliphatic carbocycles. The number of phenols is 1. The molecule has 1 saturated carbocycles. The van der Waals surface area contributed by atoms with E-state index in [9.17, 15) is 28.7 Å². The lowest BCUT2D eigenvalue weighted by Gasteiger charge is -2.49. The second kappa shape index (κ2) is 11.1. The number of fused-ring (bicyclic) bond motifs is 4. The molecule has 0 spiro atoms. The first kappa shape index (κ1) is 30.7. The third-order valence-corrected chi connectivity index (χ3v) is 11.9. The number of ether oxygens (including phenoxy) is 1. The Morgan fingerprint density at radius 2 is 1.80 bits per heavy atom. The highest BCUT2D eigenvalue weighted by Crippen LogP contribution is 2.63. The van der Waals surface area contributed by atoms with Crippen LogP contribution in [0.5, 0.6) is 11.5 Å². The van der Waals surface area contributed by atoms with E-state index in [1.54, 1.807) is 24.3 Å². The van der Waals surface area contributed by atoms with Gasteiger partial charge in [0.05, 0.1) is 31.2 Å². The summed E-state index contributed by atoms with van der Waals surface area (Å²) < 4.78 is 19.1. The van der Waals surface area contributed by atoms with E-state index >= 15 is 0 Å². The van der Waals surface area contributed by atoms with Gasteiger partial charge >= 0.3 is 0 Å². The maximum atomic E-state index is 14.3. The Morgan fingerprint density at radius 1 is 1.04 bits per heavy atom. The Kier molecular flexibility index (Phi) is 7.38. The Labute approximate surface area is 277 Å². The van der Waals surface area contributed by atoms with Gasteiger partial charge in [0, 0.05) is 10.8 Å². The van der Waals surface area contributed by atoms with Crippen LogP contribution in [0.4, 0.5) is 10.1 Å². The molecule has 2 aliphatic heterocycles. The zero-order valence-electron chi connectivity index (χ0n) is 24.4. The molecule has 3 heterocycles. The molecule has 2 saturated heterocycles. The van der Waals surface area contributed by atoms with E-state index in [0.29, 0.717) is 11.1 Å². The lowest BCUT2D eigenvalue weighted by atomic mass is 9.57. The van der Waals surface area contributed by atoms with Crippen molar-refractivity contribution in [1.29, 1.82) is 0 Å². The highest BCUT2D eigenvalue weighted by Gasteiger charge is 2.76. The highest BCUT2D eigenvalue weighted by molar-refractivity contribution is 7.09. The minimum atomic E-state index is -2.02. The predicted octanol–water partition coefficient (Wildman–Crippen LogP) is 5.91. The Bertz CT molecular complexity index is 1850. The van der Waals surface area contributed by atoms with E-state index in [-0.39, 0.29) is 48.4 Å². The number of amides is 4. The second-order valence-corrected chi connectivity index (χ2v) is 14.2. The highest BCUT2D eigenvalue weighted by atomic mass is 35.5. The van der Waals surface area contributed by atoms with E-state index in [2.05, 4.69) is 0 Å². The number of anilines is 1. The van der Waals surface area contributed by atoms with Gasteiger partial charge in [0.15, 0.2) is 21.2 Å². The Morgan fingerprint density at radius 3 is 2.50 bits per heavy atom. The van der Waals surface area contributed by atoms with Crippen LogP contribution < -0.4 is 9.64 Å². The van der Waals surface area contributed by atoms with Gasteiger partial charge in [-0.1, -0.05) is 35.9 Å². The standard InChI is InChI=1S/C34H27Cl2FN2O6S/c1-45-27-15-18(5-13-26(27)40)4-12-25-22-10-11-23-28(30(42)38(29(23)41)17-21-3-2-14-46-21)24(22)16-33(35)31(43)39(32(44)34(25,33)36)20-8-6-19(37)7-9-20/h2-10,12-15,23-25,28,40H,11,16-17H2,1H3/t23-,24+,25-,28-,33+,34-/m0/s1. The summed E-state index contributed by atoms with van der Waals surface area (Å²) in [6, 6.07) is 13.3. The maximum Gasteiger partial charge on any atom is 0.258 e. The van der Waals surface area contributed by atoms with Crippen molar-refractivity contribution in [3.63, 3.8) is 0 Å². The van der Waals surface area contributed by atoms with Gasteiger partial charge in [0.25, 0.3) is 11.8 Å². The molecule has 236 valence electrons. The average Bonchev–Trinajstić information content (AvgIpc) is 3.69. The number of aromatic hydroxyl groups is 1. The van der Waals surface area contributed by atoms with Crippen LogP contribution in [-0.4, -0.2) is 50.5 Å². The number of allylic oxidation sites excluding steroid dienone is 3. The van der Waals surface area contributed by atoms with Gasteiger partial charge in [-0.3, -0.25) is 24.1 Å². The molecule has 4 aliphatic rings. The number of alkyl halides is 2. The summed E-state index contributed by atoms with van der Waals surface area (Å²) in [7, 11) is 1.42. The predicted molar refractivity (Wildman–Crippen MR) is 171 cm³/mol. The van der Waals surface area contributed by atoms with Gasteiger partial charge in [-0.25, -0.2) is 9.29 Å². The van der Waals surface area contributed by atoms with E-state index in [0.717, 1.165) is 21.9 Å². The molecular formula is C34H27Cl2FN2O6S. The van der Waals surface area contributed by atoms with E-state index < -0.39 is 51.1 Å². The van der Waals surface area contributed by atoms with Crippen molar-refractivity contribution in [2.45, 2.75) is 29.1 Å². The summed E-state index contributed by atoms with van der Waals surface area (Å²) in [6.07, 6.45) is 5.32. The lowest BCUT2D eigenvalue weighted by molar-refractivity contribution is -0.141. The van der Waals surface area contributed by atoms with Crippen LogP contribution in [-0.2, 0) is 25.7 Å². The molecule has 0 bridgehead atoms. The molecule has 7 rings (SSSR count). The number of carbonyl (C=O) groups is 4. The SMILES string of the molecule is COc1cc(C=C[C@H]2C3=CC[C@@H]4C(=O)N(Cc5cccs5)C(=O)[C@@H]4[C@@H]3C[C@@]3(Cl)C(=O)N(c4ccc(F)cc4)C(=O)[C@@]23Cl)ccc1O. The molecule has 0 unspecified atom stereocenters. The number of methoxy groups -OCH3 is 1. The minimum Gasteiger partial charge on any atom is -0.504 e. The van der Waals surface area contributed by atoms with Crippen molar-refractivity contribution in [3.8, 4) is 11.5 Å². The fourth-order valence-corrected chi connectivity index (χ4v) is 9.01. The van der Waals surface area contributed by atoms with Crippen LogP contribution in [0, 0.1) is 29.5 Å². The van der Waals surface area contributed by atoms with Crippen LogP contribution in [0.15, 0.2) is 77.7 Å². The van der Waals surface area contributed by atoms with Crippen molar-refractivity contribution < 1.29 is 33.4 Å². The Hall–Kier alpha value is -3.99. The van der Waals surface area contributed by atoms with Gasteiger partial charge < -0.3 is 9.84 Å². The normalized spacial score (nSPS) is 30.5. The summed E-state index contributed by atoms with van der Waals surface area (Å²) in [5, 5.41) is 12.0. The molecule has 3 aromatic rings. The zero-order chi connectivity index (χ0) is 32.5. The smallest absolute Gasteiger partial charge is 0.258 e. The minimum absolute atomic E-state index is 0.0602. The number of nitrogens with zero attached hydrogens (tertiary/aromatic N) is 2. The molecule has 46 heavy (non-hydrogen) atoms. The van der Waals surface area contributed by atoms with Gasteiger partial charge in [-0.15, -0.1) is 34.5 Å². The van der Waals surface area contributed by atoms with Crippen molar-refractivity contribution in [1.82, 2.24) is 4.90 Å². The number of hydrogen-bond donors (Lipinski definition) is 1. The third-order valence-electron chi connectivity index (χ3n) is 9.62. The molecule has 1 aromatic heterocycles. The van der Waals surface area contributed by atoms with E-state index in [4.69, 9.17) is 27.9 Å². The fraction of sp³-hybridized carbons (Fsp3) is 0.294. The summed E-state index contributed by atoms with van der Waals surface area (Å²) in [5.41, 5.74) is 1.37. The molecule has 0 radical (unpaired) electrons. The quantitative estimate of drug-likeness (QED) is 0.197. The van der Waals surface area contributed by atoms with Gasteiger partial charge in [0.2, 0.25) is 11.8 Å². The molecule has 8 nitrogen and oxygen atoms in total. The largest absolute Gasteiger partial charge is 0.504 e. The average molecular weight is 682 g/mol. The first-order valence-electron chi connectivity index (χ1n) is 14.6. The number of thiophene rings is 1. The van der Waals surface area contributed by atoms with Crippen LogP contribution >= 0.6 is 34.5 Å². The number of hydrogen-bond acceptors (Lipinski definition) is 7. The number of carbonyl (C=O) groups excluding carboxylic acids is 4. The summed E-state index contributed by atoms with van der Waals surface area (Å²) in [4.78, 5) is 55.2. The van der Waals surface area contributed by atoms with Crippen molar-refractivity contribution in [2.24, 2.45) is 23.7 Å². The van der Waals surface area contributed by atoms with E-state index in [1.165, 1.54) is 41.5 Å². The molecule has 2 aromatic carbocycles. The number of likely N-dealkylation sites (tertiary alicyclic amines) is 1. The number of rotatable bonds is 6. The molecular weight excluding hydrogens is 654 g/mol. The van der Waals surface area contributed by atoms with Gasteiger partial charge in [0.1, 0.15) is 5.82 Å². The summed E-state index contributed by atoms with van der Waals surface area (Å²) in [6.45, 7) is 0.150. The number of benzene rings is 2. The third kappa shape index (κ3) is 4.37. The van der Waals surface area contributed by atoms with Crippen LogP contribution in [0.2, 0.25) is 0 Å². The van der Waals surface area contributed by atoms with Crippen LogP contribution in [0.1, 0.15) is 23.3 Å². The Balaban J connectivity index is 1.34. The topological polar surface area (TPSA) is 104 Å². The van der Waals surface area contributed by atoms with Crippen molar-refractivity contribution >= 4 is 69.9 Å². The molecule has 1 N–H and O–H groups in total. The molecule has 4 amide bonds. The fourth-order valence-electron chi connectivity index (χ4n) is 7.43. The maximum absolute atomic E-state index is 14.3. The van der Waals surface area contributed by atoms with E-state index in [1.807, 2.05) is 23.6 Å². The van der Waals surface area contributed by atoms with Crippen molar-refractivity contribution in [3.05, 3.63) is 94.0 Å². The number of phenolic OH excluding ortho intramolecular Hbond substituents is 1. The number of imide groups is 2. The molecule has 12 heteroatoms. The van der Waals surface area contributed by atoms with Crippen LogP contribution in [0.3, 0.4) is 0 Å². The summed E-state index contributed by atoms with van der Waals surface area (Å²) in [5.74, 6) is -5.63. The van der Waals surface area contributed by atoms with Gasteiger partial charge in [-0.2, -0.15) is 0 Å². The number of halogens is 3. The second-order valence-electron chi connectivity index (χ2n) is 11.9. The van der Waals surface area contributed by atoms with Gasteiger partial charge in [-0.05, 0) is 72.2 Å². The van der Waals surface area contributed by atoms with Crippen LogP contribution in [0.25, 0.3) is 6.08 Å².